The van der Waals surface area contributed by atoms with Crippen LogP contribution in [0.2, 0.25) is 0 Å². The largest absolute Gasteiger partial charge is 0.385 e. The molecule has 0 radical (unpaired) electrons. The molecule has 0 bridgehead atoms. The van der Waals surface area contributed by atoms with E-state index < -0.39 is 5.60 Å². The lowest BCUT2D eigenvalue weighted by atomic mass is 9.92. The number of carbonyl (C=O) groups is 1. The van der Waals surface area contributed by atoms with Crippen molar-refractivity contribution in [3.05, 3.63) is 54.1 Å². The fourth-order valence-electron chi connectivity index (χ4n) is 2.55. The smallest absolute Gasteiger partial charge is 0.223 e. The Hall–Kier alpha value is -2.14. The molecule has 1 unspecified atom stereocenters. The summed E-state index contributed by atoms with van der Waals surface area (Å²) in [6.07, 6.45) is 5.70. The number of carbonyl (C=O) groups excluding carboxylic acids is 1. The molecule has 23 heavy (non-hydrogen) atoms. The molecule has 5 nitrogen and oxygen atoms in total. The van der Waals surface area contributed by atoms with Crippen molar-refractivity contribution in [1.29, 1.82) is 0 Å². The molecule has 0 saturated heterocycles. The molecule has 1 aromatic heterocycles. The Kier molecular flexibility index (Phi) is 5.93. The highest BCUT2D eigenvalue weighted by Crippen LogP contribution is 2.23. The van der Waals surface area contributed by atoms with Gasteiger partial charge in [-0.2, -0.15) is 0 Å². The van der Waals surface area contributed by atoms with E-state index in [1.165, 1.54) is 0 Å². The van der Waals surface area contributed by atoms with Crippen molar-refractivity contribution in [2.45, 2.75) is 45.3 Å². The minimum Gasteiger partial charge on any atom is -0.385 e. The van der Waals surface area contributed by atoms with Gasteiger partial charge in [-0.3, -0.25) is 4.79 Å². The SMILES string of the molecule is Cc1nccn1CCCCNC(=O)CC(C)(O)c1ccccc1. The van der Waals surface area contributed by atoms with Crippen LogP contribution in [0.5, 0.6) is 0 Å². The summed E-state index contributed by atoms with van der Waals surface area (Å²) in [5, 5.41) is 13.3. The van der Waals surface area contributed by atoms with Gasteiger partial charge in [0.1, 0.15) is 5.82 Å². The van der Waals surface area contributed by atoms with Gasteiger partial charge in [-0.25, -0.2) is 4.98 Å². The van der Waals surface area contributed by atoms with Crippen LogP contribution in [-0.2, 0) is 16.9 Å². The first-order valence-electron chi connectivity index (χ1n) is 8.01. The second-order valence-corrected chi connectivity index (χ2v) is 6.04. The number of aromatic nitrogens is 2. The van der Waals surface area contributed by atoms with Gasteiger partial charge >= 0.3 is 0 Å². The number of hydrogen-bond donors (Lipinski definition) is 2. The summed E-state index contributed by atoms with van der Waals surface area (Å²) in [5.74, 6) is 0.880. The van der Waals surface area contributed by atoms with Gasteiger partial charge in [-0.15, -0.1) is 0 Å². The van der Waals surface area contributed by atoms with Crippen LogP contribution in [-0.4, -0.2) is 27.1 Å². The number of rotatable bonds is 8. The van der Waals surface area contributed by atoms with Crippen LogP contribution in [0.15, 0.2) is 42.7 Å². The molecule has 1 heterocycles. The van der Waals surface area contributed by atoms with Crippen molar-refractivity contribution in [3.63, 3.8) is 0 Å². The Labute approximate surface area is 137 Å². The average molecular weight is 315 g/mol. The fraction of sp³-hybridized carbons (Fsp3) is 0.444. The number of unbranched alkanes of at least 4 members (excludes halogenated alkanes) is 1. The average Bonchev–Trinajstić information content (AvgIpc) is 2.93. The quantitative estimate of drug-likeness (QED) is 0.735. The Balaban J connectivity index is 1.68. The van der Waals surface area contributed by atoms with Crippen LogP contribution in [0, 0.1) is 6.92 Å². The second kappa shape index (κ2) is 7.92. The zero-order valence-electron chi connectivity index (χ0n) is 13.8. The molecule has 0 spiro atoms. The minimum atomic E-state index is -1.14. The maximum atomic E-state index is 12.0. The van der Waals surface area contributed by atoms with Gasteiger partial charge < -0.3 is 15.0 Å². The summed E-state index contributed by atoms with van der Waals surface area (Å²) >= 11 is 0. The van der Waals surface area contributed by atoms with E-state index in [9.17, 15) is 9.90 Å². The molecule has 2 aromatic rings. The molecule has 5 heteroatoms. The molecule has 2 rings (SSSR count). The maximum Gasteiger partial charge on any atom is 0.223 e. The van der Waals surface area contributed by atoms with E-state index in [4.69, 9.17) is 0 Å². The summed E-state index contributed by atoms with van der Waals surface area (Å²) in [6.45, 7) is 5.18. The molecule has 0 aliphatic heterocycles. The van der Waals surface area contributed by atoms with Crippen molar-refractivity contribution >= 4 is 5.91 Å². The van der Waals surface area contributed by atoms with Crippen LogP contribution in [0.4, 0.5) is 0 Å². The first-order chi connectivity index (χ1) is 11.0. The molecule has 124 valence electrons. The highest BCUT2D eigenvalue weighted by atomic mass is 16.3. The van der Waals surface area contributed by atoms with Gasteiger partial charge in [0.2, 0.25) is 5.91 Å². The number of nitrogens with one attached hydrogen (secondary N) is 1. The van der Waals surface area contributed by atoms with Gasteiger partial charge in [-0.1, -0.05) is 30.3 Å². The lowest BCUT2D eigenvalue weighted by Gasteiger charge is -2.23. The third-order valence-electron chi connectivity index (χ3n) is 3.97. The number of benzene rings is 1. The Morgan fingerprint density at radius 3 is 2.70 bits per heavy atom. The summed E-state index contributed by atoms with van der Waals surface area (Å²) in [7, 11) is 0. The third kappa shape index (κ3) is 5.21. The standard InChI is InChI=1S/C18H25N3O2/c1-15-19-11-13-21(15)12-7-6-10-20-17(22)14-18(2,23)16-8-4-3-5-9-16/h3-5,8-9,11,13,23H,6-7,10,12,14H2,1-2H3,(H,20,22). The highest BCUT2D eigenvalue weighted by molar-refractivity contribution is 5.77. The normalized spacial score (nSPS) is 13.5. The number of imidazole rings is 1. The Morgan fingerprint density at radius 2 is 2.04 bits per heavy atom. The first kappa shape index (κ1) is 17.2. The van der Waals surface area contributed by atoms with Gasteiger partial charge in [0.15, 0.2) is 0 Å². The van der Waals surface area contributed by atoms with E-state index >= 15 is 0 Å². The van der Waals surface area contributed by atoms with Crippen LogP contribution in [0.3, 0.4) is 0 Å². The fourth-order valence-corrected chi connectivity index (χ4v) is 2.55. The molecule has 0 saturated carbocycles. The minimum absolute atomic E-state index is 0.0671. The van der Waals surface area contributed by atoms with Gasteiger partial charge in [0, 0.05) is 25.5 Å². The van der Waals surface area contributed by atoms with Crippen LogP contribution in [0.1, 0.15) is 37.6 Å². The zero-order chi connectivity index (χ0) is 16.7. The third-order valence-corrected chi connectivity index (χ3v) is 3.97. The van der Waals surface area contributed by atoms with Crippen molar-refractivity contribution in [1.82, 2.24) is 14.9 Å². The first-order valence-corrected chi connectivity index (χ1v) is 8.01. The zero-order valence-corrected chi connectivity index (χ0v) is 13.8. The molecule has 0 aliphatic rings. The molecule has 0 aliphatic carbocycles. The Morgan fingerprint density at radius 1 is 1.30 bits per heavy atom. The maximum absolute atomic E-state index is 12.0. The molecule has 1 amide bonds. The highest BCUT2D eigenvalue weighted by Gasteiger charge is 2.26. The summed E-state index contributed by atoms with van der Waals surface area (Å²) in [4.78, 5) is 16.2. The Bertz CT molecular complexity index is 620. The van der Waals surface area contributed by atoms with Crippen LogP contribution >= 0.6 is 0 Å². The van der Waals surface area contributed by atoms with E-state index in [-0.39, 0.29) is 12.3 Å². The van der Waals surface area contributed by atoms with Crippen LogP contribution in [0.25, 0.3) is 0 Å². The molecule has 0 fully saturated rings. The van der Waals surface area contributed by atoms with Crippen molar-refractivity contribution in [3.8, 4) is 0 Å². The summed E-state index contributed by atoms with van der Waals surface area (Å²) in [5.41, 5.74) is -0.384. The van der Waals surface area contributed by atoms with Gasteiger partial charge in [-0.05, 0) is 32.3 Å². The van der Waals surface area contributed by atoms with Crippen molar-refractivity contribution in [2.24, 2.45) is 0 Å². The van der Waals surface area contributed by atoms with Crippen LogP contribution < -0.4 is 5.32 Å². The second-order valence-electron chi connectivity index (χ2n) is 6.04. The number of aryl methyl sites for hydroxylation is 2. The summed E-state index contributed by atoms with van der Waals surface area (Å²) in [6, 6.07) is 9.28. The topological polar surface area (TPSA) is 67.2 Å². The predicted octanol–water partition coefficient (Wildman–Crippen LogP) is 2.39. The van der Waals surface area contributed by atoms with Gasteiger partial charge in [0.25, 0.3) is 0 Å². The van der Waals surface area contributed by atoms with Crippen molar-refractivity contribution in [2.75, 3.05) is 6.54 Å². The van der Waals surface area contributed by atoms with E-state index in [0.29, 0.717) is 6.54 Å². The molecular weight excluding hydrogens is 290 g/mol. The molecular formula is C18H25N3O2. The van der Waals surface area contributed by atoms with Gasteiger partial charge in [0.05, 0.1) is 12.0 Å². The lowest BCUT2D eigenvalue weighted by Crippen LogP contribution is -2.33. The number of aliphatic hydroxyl groups is 1. The van der Waals surface area contributed by atoms with E-state index in [1.54, 1.807) is 13.1 Å². The summed E-state index contributed by atoms with van der Waals surface area (Å²) < 4.78 is 2.10. The number of nitrogens with zero attached hydrogens (tertiary/aromatic N) is 2. The lowest BCUT2D eigenvalue weighted by molar-refractivity contribution is -0.125. The monoisotopic (exact) mass is 315 g/mol. The molecule has 1 aromatic carbocycles. The molecule has 2 N–H and O–H groups in total. The van der Waals surface area contributed by atoms with E-state index in [0.717, 1.165) is 30.8 Å². The number of hydrogen-bond acceptors (Lipinski definition) is 3. The predicted molar refractivity (Wildman–Crippen MR) is 89.8 cm³/mol. The number of amides is 1. The van der Waals surface area contributed by atoms with E-state index in [1.807, 2.05) is 43.5 Å². The van der Waals surface area contributed by atoms with Crippen molar-refractivity contribution < 1.29 is 9.90 Å². The van der Waals surface area contributed by atoms with E-state index in [2.05, 4.69) is 14.9 Å². The molecule has 1 atom stereocenters.